The lowest BCUT2D eigenvalue weighted by Gasteiger charge is -2.20. The van der Waals surface area contributed by atoms with Gasteiger partial charge in [-0.1, -0.05) is 24.6 Å². The van der Waals surface area contributed by atoms with Gasteiger partial charge >= 0.3 is 12.2 Å². The molecule has 3 amide bonds. The van der Waals surface area contributed by atoms with Crippen LogP contribution >= 0.6 is 11.6 Å². The van der Waals surface area contributed by atoms with Crippen molar-refractivity contribution in [2.75, 3.05) is 12.6 Å². The fraction of sp³-hybridized carbons (Fsp3) is 0.448. The monoisotopic (exact) mass is 600 g/mol. The normalized spacial score (nSPS) is 13.6. The number of hydrogen-bond donors (Lipinski definition) is 1. The summed E-state index contributed by atoms with van der Waals surface area (Å²) in [6.45, 7) is 10.7. The quantitative estimate of drug-likeness (QED) is 0.373. The number of carbonyl (C=O) groups is 4. The third-order valence-corrected chi connectivity index (χ3v) is 6.60. The number of halogens is 1. The number of fused-ring (bicyclic) bond motifs is 1. The molecular weight excluding hydrogens is 564 g/mol. The predicted octanol–water partition coefficient (Wildman–Crippen LogP) is 5.09. The van der Waals surface area contributed by atoms with Gasteiger partial charge in [-0.2, -0.15) is 5.10 Å². The van der Waals surface area contributed by atoms with E-state index >= 15 is 0 Å². The summed E-state index contributed by atoms with van der Waals surface area (Å²) >= 11 is 5.57. The van der Waals surface area contributed by atoms with Gasteiger partial charge in [0.1, 0.15) is 17.4 Å². The molecule has 2 heterocycles. The first-order valence-electron chi connectivity index (χ1n) is 13.7. The molecule has 0 bridgehead atoms. The number of nitrogens with one attached hydrogen (secondary N) is 1. The van der Waals surface area contributed by atoms with Crippen LogP contribution in [0.2, 0.25) is 0 Å². The zero-order valence-electron chi connectivity index (χ0n) is 24.6. The fourth-order valence-electron chi connectivity index (χ4n) is 4.24. The Morgan fingerprint density at radius 2 is 1.93 bits per heavy atom. The van der Waals surface area contributed by atoms with Crippen molar-refractivity contribution in [1.29, 1.82) is 0 Å². The predicted molar refractivity (Wildman–Crippen MR) is 157 cm³/mol. The minimum absolute atomic E-state index is 0. The number of aromatic nitrogens is 3. The first kappa shape index (κ1) is 30.8. The van der Waals surface area contributed by atoms with Crippen molar-refractivity contribution in [1.82, 2.24) is 24.4 Å². The first-order chi connectivity index (χ1) is 19.8. The fourth-order valence-corrected chi connectivity index (χ4v) is 4.33. The summed E-state index contributed by atoms with van der Waals surface area (Å²) in [6, 6.07) is 4.93. The highest BCUT2D eigenvalue weighted by Crippen LogP contribution is 2.24. The molecule has 0 aliphatic heterocycles. The molecule has 2 aromatic heterocycles. The molecule has 3 aromatic rings. The Balaban J connectivity index is 0.00000506. The van der Waals surface area contributed by atoms with Crippen LogP contribution < -0.4 is 10.8 Å². The Labute approximate surface area is 249 Å². The molecule has 4 rings (SSSR count). The number of hydrogen-bond acceptors (Lipinski definition) is 8. The van der Waals surface area contributed by atoms with Crippen molar-refractivity contribution >= 4 is 46.8 Å². The summed E-state index contributed by atoms with van der Waals surface area (Å²) in [7, 11) is 0. The van der Waals surface area contributed by atoms with Crippen LogP contribution in [0.4, 0.5) is 15.3 Å². The summed E-state index contributed by atoms with van der Waals surface area (Å²) in [4.78, 5) is 58.0. The van der Waals surface area contributed by atoms with Crippen molar-refractivity contribution in [2.45, 2.75) is 72.4 Å². The van der Waals surface area contributed by atoms with Gasteiger partial charge in [0, 0.05) is 25.8 Å². The van der Waals surface area contributed by atoms with E-state index in [1.807, 2.05) is 13.8 Å². The Morgan fingerprint density at radius 3 is 2.55 bits per heavy atom. The Kier molecular flexibility index (Phi) is 9.05. The molecule has 0 radical (unpaired) electrons. The van der Waals surface area contributed by atoms with Gasteiger partial charge in [0.05, 0.1) is 11.3 Å². The van der Waals surface area contributed by atoms with E-state index in [1.165, 1.54) is 17.0 Å². The van der Waals surface area contributed by atoms with Gasteiger partial charge in [0.2, 0.25) is 0 Å². The zero-order chi connectivity index (χ0) is 30.8. The average molecular weight is 601 g/mol. The maximum atomic E-state index is 13.6. The summed E-state index contributed by atoms with van der Waals surface area (Å²) in [5.41, 5.74) is 1.85. The molecule has 13 heteroatoms. The minimum atomic E-state index is -0.870. The maximum Gasteiger partial charge on any atom is 0.421 e. The van der Waals surface area contributed by atoms with E-state index in [1.54, 1.807) is 45.9 Å². The Bertz CT molecular complexity index is 1620. The van der Waals surface area contributed by atoms with E-state index in [-0.39, 0.29) is 31.0 Å². The van der Waals surface area contributed by atoms with Crippen LogP contribution in [-0.2, 0) is 9.47 Å². The second-order valence-electron chi connectivity index (χ2n) is 11.1. The summed E-state index contributed by atoms with van der Waals surface area (Å²) in [6.07, 6.45) is 3.51. The van der Waals surface area contributed by atoms with Crippen molar-refractivity contribution < 1.29 is 30.1 Å². The van der Waals surface area contributed by atoms with Crippen LogP contribution in [0.1, 0.15) is 80.2 Å². The molecule has 226 valence electrons. The highest BCUT2D eigenvalue weighted by Gasteiger charge is 2.29. The molecule has 1 aromatic carbocycles. The van der Waals surface area contributed by atoms with Crippen LogP contribution in [0, 0.1) is 13.8 Å². The molecule has 1 aliphatic carbocycles. The molecule has 0 spiro atoms. The van der Waals surface area contributed by atoms with Gasteiger partial charge in [0.15, 0.2) is 11.6 Å². The van der Waals surface area contributed by atoms with Crippen molar-refractivity contribution in [3.05, 3.63) is 58.5 Å². The van der Waals surface area contributed by atoms with E-state index < -0.39 is 29.8 Å². The number of aryl methyl sites for hydroxylation is 2. The van der Waals surface area contributed by atoms with Crippen LogP contribution in [0.25, 0.3) is 5.52 Å². The second-order valence-corrected chi connectivity index (χ2v) is 11.3. The van der Waals surface area contributed by atoms with E-state index in [2.05, 4.69) is 10.4 Å². The molecule has 1 N–H and O–H groups in total. The number of rotatable bonds is 7. The van der Waals surface area contributed by atoms with Gasteiger partial charge < -0.3 is 14.8 Å². The maximum absolute atomic E-state index is 13.6. The molecule has 1 fully saturated rings. The smallest absolute Gasteiger partial charge is 0.421 e. The summed E-state index contributed by atoms with van der Waals surface area (Å²) in [5.74, 6) is -0.819. The molecule has 1 saturated carbocycles. The Hall–Kier alpha value is -4.19. The number of ether oxygens (including phenoxy) is 2. The standard InChI is InChI=1S/C29H35ClN6O6.H2/c1-7-12-34(27(39)41-15-30)26(38)21-14-36-23(18(21)3)24(35(16-31-36)28(40)42-29(4,5)6)33-22-13-19(9-8-17(22)2)25(37)32-20-10-11-20;/h8-9,13-14,16,20H,7,10-12,15H2,1-6H3,(H,32,37);1H. The second kappa shape index (κ2) is 12.4. The molecule has 42 heavy (non-hydrogen) atoms. The number of nitrogens with zero attached hydrogens (tertiary/aromatic N) is 5. The SMILES string of the molecule is CCCN(C(=O)OCCl)C(=O)c1cn2ncn(C(=O)OC(C)(C)C)c(=Nc3cc(C(=O)NC4CC4)ccc3C)c2c1C.[HH]. The molecule has 0 atom stereocenters. The summed E-state index contributed by atoms with van der Waals surface area (Å²) in [5, 5.41) is 7.31. The largest absolute Gasteiger partial charge is 0.443 e. The van der Waals surface area contributed by atoms with Gasteiger partial charge in [0.25, 0.3) is 11.8 Å². The highest BCUT2D eigenvalue weighted by molar-refractivity contribution is 6.17. The number of benzene rings is 1. The third-order valence-electron chi connectivity index (χ3n) is 6.49. The van der Waals surface area contributed by atoms with E-state index in [9.17, 15) is 19.2 Å². The number of alkyl halides is 1. The van der Waals surface area contributed by atoms with Gasteiger partial charge in [-0.25, -0.2) is 28.6 Å². The lowest BCUT2D eigenvalue weighted by molar-refractivity contribution is 0.0526. The van der Waals surface area contributed by atoms with Crippen molar-refractivity contribution in [2.24, 2.45) is 4.99 Å². The summed E-state index contributed by atoms with van der Waals surface area (Å²) < 4.78 is 13.1. The molecule has 0 unspecified atom stereocenters. The van der Waals surface area contributed by atoms with Gasteiger partial charge in [-0.05, 0) is 77.1 Å². The third kappa shape index (κ3) is 6.81. The van der Waals surface area contributed by atoms with E-state index in [0.717, 1.165) is 27.9 Å². The highest BCUT2D eigenvalue weighted by atomic mass is 35.5. The van der Waals surface area contributed by atoms with Gasteiger partial charge in [-0.3, -0.25) is 9.59 Å². The first-order valence-corrected chi connectivity index (χ1v) is 14.2. The number of imide groups is 1. The topological polar surface area (TPSA) is 137 Å². The Morgan fingerprint density at radius 1 is 1.21 bits per heavy atom. The zero-order valence-corrected chi connectivity index (χ0v) is 25.3. The molecule has 12 nitrogen and oxygen atoms in total. The lowest BCUT2D eigenvalue weighted by Crippen LogP contribution is -2.38. The van der Waals surface area contributed by atoms with Crippen molar-refractivity contribution in [3.63, 3.8) is 0 Å². The number of amides is 3. The van der Waals surface area contributed by atoms with Crippen molar-refractivity contribution in [3.8, 4) is 0 Å². The van der Waals surface area contributed by atoms with Crippen LogP contribution in [0.15, 0.2) is 35.7 Å². The molecular formula is C29H37ClN6O6. The van der Waals surface area contributed by atoms with Crippen LogP contribution in [-0.4, -0.2) is 67.3 Å². The van der Waals surface area contributed by atoms with Gasteiger partial charge in [-0.15, -0.1) is 0 Å². The average Bonchev–Trinajstić information content (AvgIpc) is 3.67. The van der Waals surface area contributed by atoms with Crippen LogP contribution in [0.3, 0.4) is 0 Å². The van der Waals surface area contributed by atoms with E-state index in [0.29, 0.717) is 28.8 Å². The van der Waals surface area contributed by atoms with Crippen LogP contribution in [0.5, 0.6) is 0 Å². The molecule has 0 saturated heterocycles. The minimum Gasteiger partial charge on any atom is -0.443 e. The molecule has 1 aliphatic rings. The lowest BCUT2D eigenvalue weighted by atomic mass is 10.1. The number of carbonyl (C=O) groups excluding carboxylic acids is 4. The van der Waals surface area contributed by atoms with E-state index in [4.69, 9.17) is 26.1 Å².